The van der Waals surface area contributed by atoms with Crippen molar-refractivity contribution in [1.29, 1.82) is 0 Å². The number of allylic oxidation sites excluding steroid dienone is 4. The van der Waals surface area contributed by atoms with E-state index in [9.17, 15) is 4.79 Å². The molecule has 0 bridgehead atoms. The lowest BCUT2D eigenvalue weighted by molar-refractivity contribution is -0.107. The standard InChI is InChI=1S/C13H22OS/c1-11-5-7-12(8-6-11)9-13(10-14)15(2,3)4/h5,7-8,10-11,13H,6,9H2,1-4H3. The Bertz CT molecular complexity index is 283. The molecule has 0 aromatic heterocycles. The van der Waals surface area contributed by atoms with Crippen molar-refractivity contribution in [2.24, 2.45) is 5.92 Å². The second-order valence-corrected chi connectivity index (χ2v) is 9.63. The van der Waals surface area contributed by atoms with Crippen LogP contribution in [0.2, 0.25) is 0 Å². The van der Waals surface area contributed by atoms with Gasteiger partial charge in [0.05, 0.1) is 0 Å². The van der Waals surface area contributed by atoms with Gasteiger partial charge in [-0.15, -0.1) is 0 Å². The first-order valence-electron chi connectivity index (χ1n) is 5.43. The molecule has 86 valence electrons. The van der Waals surface area contributed by atoms with E-state index < -0.39 is 10.0 Å². The number of aldehydes is 1. The van der Waals surface area contributed by atoms with Crippen LogP contribution in [0.25, 0.3) is 0 Å². The molecule has 0 aliphatic heterocycles. The normalized spacial score (nSPS) is 24.5. The molecule has 0 saturated heterocycles. The Balaban J connectivity index is 2.61. The lowest BCUT2D eigenvalue weighted by Gasteiger charge is -2.32. The number of carbonyl (C=O) groups excluding carboxylic acids is 1. The molecule has 2 atom stereocenters. The van der Waals surface area contributed by atoms with Crippen molar-refractivity contribution in [2.75, 3.05) is 18.8 Å². The zero-order valence-corrected chi connectivity index (χ0v) is 11.0. The zero-order valence-electron chi connectivity index (χ0n) is 10.2. The van der Waals surface area contributed by atoms with Gasteiger partial charge in [0.15, 0.2) is 0 Å². The molecule has 0 aromatic rings. The molecule has 0 N–H and O–H groups in total. The van der Waals surface area contributed by atoms with Gasteiger partial charge in [-0.25, -0.2) is 10.0 Å². The van der Waals surface area contributed by atoms with Crippen molar-refractivity contribution in [3.8, 4) is 0 Å². The van der Waals surface area contributed by atoms with E-state index in [0.29, 0.717) is 5.92 Å². The van der Waals surface area contributed by atoms with E-state index in [-0.39, 0.29) is 5.25 Å². The molecule has 0 saturated carbocycles. The van der Waals surface area contributed by atoms with Gasteiger partial charge in [-0.2, -0.15) is 0 Å². The first kappa shape index (κ1) is 12.6. The topological polar surface area (TPSA) is 17.1 Å². The fourth-order valence-electron chi connectivity index (χ4n) is 1.62. The van der Waals surface area contributed by atoms with Crippen LogP contribution in [-0.2, 0) is 4.79 Å². The summed E-state index contributed by atoms with van der Waals surface area (Å²) >= 11 is 0. The second kappa shape index (κ2) is 5.02. The molecular formula is C13H22OS. The molecule has 0 amide bonds. The molecule has 1 aliphatic carbocycles. The fourth-order valence-corrected chi connectivity index (χ4v) is 2.65. The summed E-state index contributed by atoms with van der Waals surface area (Å²) in [6.07, 6.45) is 16.5. The van der Waals surface area contributed by atoms with E-state index in [0.717, 1.165) is 19.1 Å². The minimum atomic E-state index is -0.771. The summed E-state index contributed by atoms with van der Waals surface area (Å²) < 4.78 is 0. The van der Waals surface area contributed by atoms with E-state index in [1.54, 1.807) is 0 Å². The first-order valence-corrected chi connectivity index (χ1v) is 8.35. The van der Waals surface area contributed by atoms with Gasteiger partial charge in [0, 0.05) is 5.25 Å². The Morgan fingerprint density at radius 3 is 2.60 bits per heavy atom. The van der Waals surface area contributed by atoms with Crippen molar-refractivity contribution >= 4 is 16.3 Å². The van der Waals surface area contributed by atoms with Crippen LogP contribution in [0.5, 0.6) is 0 Å². The van der Waals surface area contributed by atoms with Crippen molar-refractivity contribution < 1.29 is 4.79 Å². The Hall–Kier alpha value is -0.500. The van der Waals surface area contributed by atoms with Crippen LogP contribution in [0.15, 0.2) is 23.8 Å². The Morgan fingerprint density at radius 2 is 2.20 bits per heavy atom. The zero-order chi connectivity index (χ0) is 11.5. The maximum atomic E-state index is 11.1. The van der Waals surface area contributed by atoms with Gasteiger partial charge in [0.25, 0.3) is 0 Å². The summed E-state index contributed by atoms with van der Waals surface area (Å²) in [6.45, 7) is 2.22. The van der Waals surface area contributed by atoms with Crippen molar-refractivity contribution in [3.63, 3.8) is 0 Å². The second-order valence-electron chi connectivity index (χ2n) is 5.16. The largest absolute Gasteiger partial charge is 0.302 e. The summed E-state index contributed by atoms with van der Waals surface area (Å²) in [5.74, 6) is 0.658. The molecule has 1 nitrogen and oxygen atoms in total. The molecule has 15 heavy (non-hydrogen) atoms. The lowest BCUT2D eigenvalue weighted by atomic mass is 9.96. The number of hydrogen-bond donors (Lipinski definition) is 0. The SMILES string of the molecule is CC1C=CC(CC(C=O)S(C)(C)C)=CC1. The smallest absolute Gasteiger partial charge is 0.131 e. The fraction of sp³-hybridized carbons (Fsp3) is 0.615. The van der Waals surface area contributed by atoms with Gasteiger partial charge in [-0.1, -0.05) is 30.7 Å². The molecule has 1 aliphatic rings. The summed E-state index contributed by atoms with van der Waals surface area (Å²) in [7, 11) is -0.771. The molecule has 2 unspecified atom stereocenters. The Kier molecular flexibility index (Phi) is 4.21. The highest BCUT2D eigenvalue weighted by molar-refractivity contribution is 8.33. The molecule has 1 rings (SSSR count). The van der Waals surface area contributed by atoms with Crippen LogP contribution in [0.4, 0.5) is 0 Å². The van der Waals surface area contributed by atoms with E-state index in [2.05, 4.69) is 43.9 Å². The number of rotatable bonds is 4. The summed E-state index contributed by atoms with van der Waals surface area (Å²) in [5, 5.41) is 0.210. The van der Waals surface area contributed by atoms with E-state index in [1.165, 1.54) is 5.57 Å². The summed E-state index contributed by atoms with van der Waals surface area (Å²) in [4.78, 5) is 11.1. The Labute approximate surface area is 95.0 Å². The number of carbonyl (C=O) groups is 1. The number of hydrogen-bond acceptors (Lipinski definition) is 1. The van der Waals surface area contributed by atoms with Crippen LogP contribution < -0.4 is 0 Å². The molecule has 0 spiro atoms. The highest BCUT2D eigenvalue weighted by Gasteiger charge is 2.20. The molecular weight excluding hydrogens is 204 g/mol. The quantitative estimate of drug-likeness (QED) is 0.673. The van der Waals surface area contributed by atoms with Crippen LogP contribution in [-0.4, -0.2) is 30.3 Å². The Morgan fingerprint density at radius 1 is 1.53 bits per heavy atom. The third-order valence-corrected chi connectivity index (χ3v) is 4.98. The highest BCUT2D eigenvalue weighted by Crippen LogP contribution is 2.43. The van der Waals surface area contributed by atoms with Gasteiger partial charge in [0.2, 0.25) is 0 Å². The van der Waals surface area contributed by atoms with Gasteiger partial charge < -0.3 is 4.79 Å². The van der Waals surface area contributed by atoms with Gasteiger partial charge >= 0.3 is 0 Å². The maximum Gasteiger partial charge on any atom is 0.131 e. The molecule has 0 fully saturated rings. The van der Waals surface area contributed by atoms with Gasteiger partial charge in [-0.05, 0) is 37.5 Å². The minimum Gasteiger partial charge on any atom is -0.302 e. The third-order valence-electron chi connectivity index (χ3n) is 2.89. The van der Waals surface area contributed by atoms with Crippen molar-refractivity contribution in [1.82, 2.24) is 0 Å². The molecule has 0 radical (unpaired) electrons. The van der Waals surface area contributed by atoms with Crippen LogP contribution in [0.1, 0.15) is 19.8 Å². The molecule has 0 aromatic carbocycles. The molecule has 0 heterocycles. The van der Waals surface area contributed by atoms with Crippen LogP contribution >= 0.6 is 10.0 Å². The highest BCUT2D eigenvalue weighted by atomic mass is 32.3. The predicted molar refractivity (Wildman–Crippen MR) is 70.8 cm³/mol. The van der Waals surface area contributed by atoms with Gasteiger partial charge in [0.1, 0.15) is 6.29 Å². The summed E-state index contributed by atoms with van der Waals surface area (Å²) in [6, 6.07) is 0. The third kappa shape index (κ3) is 3.86. The average Bonchev–Trinajstić information content (AvgIpc) is 2.15. The predicted octanol–water partition coefficient (Wildman–Crippen LogP) is 3.16. The molecule has 2 heteroatoms. The van der Waals surface area contributed by atoms with Crippen LogP contribution in [0, 0.1) is 5.92 Å². The van der Waals surface area contributed by atoms with E-state index in [1.807, 2.05) is 0 Å². The lowest BCUT2D eigenvalue weighted by Crippen LogP contribution is -2.18. The van der Waals surface area contributed by atoms with Crippen LogP contribution in [0.3, 0.4) is 0 Å². The van der Waals surface area contributed by atoms with Crippen molar-refractivity contribution in [2.45, 2.75) is 25.0 Å². The average molecular weight is 226 g/mol. The summed E-state index contributed by atoms with van der Waals surface area (Å²) in [5.41, 5.74) is 1.34. The minimum absolute atomic E-state index is 0.210. The van der Waals surface area contributed by atoms with E-state index >= 15 is 0 Å². The first-order chi connectivity index (χ1) is 6.93. The monoisotopic (exact) mass is 226 g/mol. The van der Waals surface area contributed by atoms with Gasteiger partial charge in [-0.3, -0.25) is 0 Å². The van der Waals surface area contributed by atoms with E-state index in [4.69, 9.17) is 0 Å². The van der Waals surface area contributed by atoms with Crippen molar-refractivity contribution in [3.05, 3.63) is 23.8 Å². The maximum absolute atomic E-state index is 11.1.